The standard InChI is InChI=1S/C28H39N5O17S3/c1-5-33(24(39)11-30-23(38)14-50-26(41)16-48-18(3)35)20-12-32(7-6-8-46-4)53(44,45)28-19(20)9-27(51-28)52(42,43)31-21(36)10-29-22(37)13-49-25(40)15-47-17(2)34/h9,20H,5-8,10-16H2,1-4H3,(H,29,37)(H,30,38)(H,31,36)/t20-/m0/s1. The van der Waals surface area contributed by atoms with Crippen LogP contribution in [0.3, 0.4) is 0 Å². The van der Waals surface area contributed by atoms with Crippen molar-refractivity contribution in [1.82, 2.24) is 24.6 Å². The number of methoxy groups -OCH3 is 1. The first kappa shape index (κ1) is 44.4. The topological polar surface area (TPSA) is 294 Å². The Kier molecular flexibility index (Phi) is 17.2. The number of fused-ring (bicyclic) bond motifs is 1. The third-order valence-electron chi connectivity index (χ3n) is 6.72. The van der Waals surface area contributed by atoms with Crippen LogP contribution >= 0.6 is 11.3 Å². The highest BCUT2D eigenvalue weighted by molar-refractivity contribution is 7.94. The van der Waals surface area contributed by atoms with Crippen LogP contribution in [0.1, 0.15) is 38.8 Å². The highest BCUT2D eigenvalue weighted by Gasteiger charge is 2.43. The van der Waals surface area contributed by atoms with E-state index in [1.807, 2.05) is 5.32 Å². The number of esters is 4. The maximum absolute atomic E-state index is 13.7. The lowest BCUT2D eigenvalue weighted by atomic mass is 10.1. The first-order valence-corrected chi connectivity index (χ1v) is 19.2. The van der Waals surface area contributed by atoms with Crippen LogP contribution in [0.5, 0.6) is 0 Å². The number of ether oxygens (including phenoxy) is 5. The second-order valence-electron chi connectivity index (χ2n) is 10.7. The van der Waals surface area contributed by atoms with E-state index in [1.165, 1.54) is 12.0 Å². The Morgan fingerprint density at radius 3 is 1.92 bits per heavy atom. The number of carbonyl (C=O) groups is 8. The molecule has 0 saturated carbocycles. The van der Waals surface area contributed by atoms with Gasteiger partial charge in [-0.05, 0) is 19.4 Å². The lowest BCUT2D eigenvalue weighted by Crippen LogP contribution is -2.49. The summed E-state index contributed by atoms with van der Waals surface area (Å²) in [5.41, 5.74) is -0.0735. The van der Waals surface area contributed by atoms with Crippen molar-refractivity contribution in [2.75, 3.05) is 72.9 Å². The minimum absolute atomic E-state index is 0.0322. The molecule has 0 aliphatic carbocycles. The molecule has 1 atom stereocenters. The van der Waals surface area contributed by atoms with Crippen LogP contribution < -0.4 is 15.4 Å². The maximum atomic E-state index is 13.7. The van der Waals surface area contributed by atoms with E-state index in [1.54, 1.807) is 11.6 Å². The van der Waals surface area contributed by atoms with Gasteiger partial charge in [-0.15, -0.1) is 11.3 Å². The molecule has 2 heterocycles. The molecule has 4 amide bonds. The molecule has 0 spiro atoms. The summed E-state index contributed by atoms with van der Waals surface area (Å²) in [6, 6.07) is -0.0616. The molecule has 0 aromatic carbocycles. The average molecular weight is 814 g/mol. The predicted octanol–water partition coefficient (Wildman–Crippen LogP) is -3.07. The molecule has 25 heteroatoms. The van der Waals surface area contributed by atoms with Gasteiger partial charge < -0.3 is 39.2 Å². The maximum Gasteiger partial charge on any atom is 0.344 e. The zero-order chi connectivity index (χ0) is 39.9. The quantitative estimate of drug-likeness (QED) is 0.0668. The van der Waals surface area contributed by atoms with Gasteiger partial charge in [0.05, 0.1) is 19.1 Å². The Morgan fingerprint density at radius 2 is 1.42 bits per heavy atom. The Bertz CT molecular complexity index is 1780. The van der Waals surface area contributed by atoms with E-state index in [-0.39, 0.29) is 38.2 Å². The number of amides is 4. The number of likely N-dealkylation sites (N-methyl/N-ethyl adjacent to an activating group) is 1. The fourth-order valence-corrected chi connectivity index (χ4v) is 9.21. The fourth-order valence-electron chi connectivity index (χ4n) is 4.36. The first-order chi connectivity index (χ1) is 24.8. The van der Waals surface area contributed by atoms with Gasteiger partial charge in [0, 0.05) is 52.8 Å². The third kappa shape index (κ3) is 14.0. The summed E-state index contributed by atoms with van der Waals surface area (Å²) in [7, 11) is -7.66. The van der Waals surface area contributed by atoms with Crippen LogP contribution in [0.2, 0.25) is 0 Å². The van der Waals surface area contributed by atoms with Crippen LogP contribution in [0, 0.1) is 0 Å². The second-order valence-corrected chi connectivity index (χ2v) is 15.8. The minimum atomic E-state index is -4.75. The van der Waals surface area contributed by atoms with E-state index < -0.39 is 122 Å². The summed E-state index contributed by atoms with van der Waals surface area (Å²) in [6.07, 6.45) is 0.244. The van der Waals surface area contributed by atoms with Crippen LogP contribution in [-0.4, -0.2) is 146 Å². The van der Waals surface area contributed by atoms with Gasteiger partial charge in [0.2, 0.25) is 5.91 Å². The molecule has 0 unspecified atom stereocenters. The number of sulfonamides is 2. The molecule has 1 aromatic heterocycles. The van der Waals surface area contributed by atoms with Crippen molar-refractivity contribution in [2.45, 2.75) is 41.7 Å². The van der Waals surface area contributed by atoms with E-state index >= 15 is 0 Å². The normalized spacial score (nSPS) is 14.8. The smallest absolute Gasteiger partial charge is 0.344 e. The molecule has 3 N–H and O–H groups in total. The van der Waals surface area contributed by atoms with E-state index in [0.717, 1.165) is 24.2 Å². The van der Waals surface area contributed by atoms with Crippen molar-refractivity contribution in [2.24, 2.45) is 0 Å². The predicted molar refractivity (Wildman–Crippen MR) is 176 cm³/mol. The molecular weight excluding hydrogens is 775 g/mol. The molecular formula is C28H39N5O17S3. The molecule has 0 bridgehead atoms. The molecule has 22 nitrogen and oxygen atoms in total. The minimum Gasteiger partial charge on any atom is -0.454 e. The van der Waals surface area contributed by atoms with Crippen LogP contribution in [0.15, 0.2) is 14.5 Å². The second kappa shape index (κ2) is 20.5. The largest absolute Gasteiger partial charge is 0.454 e. The van der Waals surface area contributed by atoms with Gasteiger partial charge in [-0.2, -0.15) is 4.31 Å². The number of rotatable bonds is 20. The van der Waals surface area contributed by atoms with Crippen LogP contribution in [-0.2, 0) is 82.1 Å². The van der Waals surface area contributed by atoms with E-state index in [4.69, 9.17) is 4.74 Å². The number of nitrogens with one attached hydrogen (secondary N) is 3. The van der Waals surface area contributed by atoms with Crippen molar-refractivity contribution >= 4 is 78.9 Å². The summed E-state index contributed by atoms with van der Waals surface area (Å²) in [6.45, 7) is -1.22. The Morgan fingerprint density at radius 1 is 0.868 bits per heavy atom. The van der Waals surface area contributed by atoms with Gasteiger partial charge in [0.15, 0.2) is 26.4 Å². The van der Waals surface area contributed by atoms with Crippen molar-refractivity contribution in [3.05, 3.63) is 11.6 Å². The van der Waals surface area contributed by atoms with Crippen LogP contribution in [0.25, 0.3) is 0 Å². The molecule has 53 heavy (non-hydrogen) atoms. The van der Waals surface area contributed by atoms with E-state index in [2.05, 4.69) is 24.3 Å². The zero-order valence-electron chi connectivity index (χ0n) is 29.0. The van der Waals surface area contributed by atoms with Crippen molar-refractivity contribution in [1.29, 1.82) is 0 Å². The van der Waals surface area contributed by atoms with Crippen molar-refractivity contribution < 1.29 is 78.9 Å². The summed E-state index contributed by atoms with van der Waals surface area (Å²) < 4.78 is 78.6. The Hall–Kier alpha value is -4.72. The number of hydrogen-bond acceptors (Lipinski definition) is 18. The van der Waals surface area contributed by atoms with Gasteiger partial charge in [-0.25, -0.2) is 31.1 Å². The summed E-state index contributed by atoms with van der Waals surface area (Å²) in [5.74, 6) is -7.41. The number of hydrogen-bond donors (Lipinski definition) is 3. The molecule has 296 valence electrons. The molecule has 0 radical (unpaired) electrons. The molecule has 1 aliphatic heterocycles. The number of thiophene rings is 1. The summed E-state index contributed by atoms with van der Waals surface area (Å²) in [4.78, 5) is 95.8. The molecule has 2 rings (SSSR count). The monoisotopic (exact) mass is 813 g/mol. The average Bonchev–Trinajstić information content (AvgIpc) is 3.56. The number of carbonyl (C=O) groups excluding carboxylic acids is 8. The Labute approximate surface area is 307 Å². The van der Waals surface area contributed by atoms with Gasteiger partial charge in [-0.1, -0.05) is 0 Å². The molecule has 1 aromatic rings. The van der Waals surface area contributed by atoms with Crippen molar-refractivity contribution in [3.8, 4) is 0 Å². The highest BCUT2D eigenvalue weighted by atomic mass is 32.3. The lowest BCUT2D eigenvalue weighted by molar-refractivity contribution is -0.159. The van der Waals surface area contributed by atoms with Gasteiger partial charge in [0.1, 0.15) is 8.42 Å². The van der Waals surface area contributed by atoms with Gasteiger partial charge in [-0.3, -0.25) is 28.8 Å². The van der Waals surface area contributed by atoms with Crippen LogP contribution in [0.4, 0.5) is 0 Å². The SMILES string of the molecule is CCN(C(=O)CNC(=O)COC(=O)COC(C)=O)[C@H]1CN(CCCOC)S(=O)(=O)c2sc(S(=O)(=O)NC(=O)CNC(=O)COC(=O)COC(C)=O)cc21. The molecule has 1 aliphatic rings. The van der Waals surface area contributed by atoms with E-state index in [0.29, 0.717) is 11.3 Å². The lowest BCUT2D eigenvalue weighted by Gasteiger charge is -2.38. The zero-order valence-corrected chi connectivity index (χ0v) is 31.4. The van der Waals surface area contributed by atoms with Gasteiger partial charge >= 0.3 is 23.9 Å². The Balaban J connectivity index is 2.22. The highest BCUT2D eigenvalue weighted by Crippen LogP contribution is 2.42. The third-order valence-corrected chi connectivity index (χ3v) is 12.1. The molecule has 0 fully saturated rings. The van der Waals surface area contributed by atoms with Crippen molar-refractivity contribution in [3.63, 3.8) is 0 Å². The fraction of sp³-hybridized carbons (Fsp3) is 0.571. The first-order valence-electron chi connectivity index (χ1n) is 15.4. The number of nitrogens with zero attached hydrogens (tertiary/aromatic N) is 2. The molecule has 0 saturated heterocycles. The summed E-state index contributed by atoms with van der Waals surface area (Å²) in [5, 5.41) is 4.29. The van der Waals surface area contributed by atoms with Gasteiger partial charge in [0.25, 0.3) is 37.8 Å². The van der Waals surface area contributed by atoms with E-state index in [9.17, 15) is 55.2 Å². The summed E-state index contributed by atoms with van der Waals surface area (Å²) >= 11 is 0.321.